The molecule has 2 N–H and O–H groups in total. The highest BCUT2D eigenvalue weighted by atomic mass is 31.2. The van der Waals surface area contributed by atoms with E-state index < -0.39 is 26.2 Å². The third kappa shape index (κ3) is 5.15. The Morgan fingerprint density at radius 1 is 1.14 bits per heavy atom. The van der Waals surface area contributed by atoms with Crippen LogP contribution < -0.4 is 4.74 Å². The van der Waals surface area contributed by atoms with Crippen LogP contribution in [0.3, 0.4) is 0 Å². The van der Waals surface area contributed by atoms with Gasteiger partial charge in [0, 0.05) is 32.4 Å². The molecule has 1 saturated heterocycles. The summed E-state index contributed by atoms with van der Waals surface area (Å²) in [5.74, 6) is -0.918. The normalized spacial score (nSPS) is 14.4. The number of amides is 2. The summed E-state index contributed by atoms with van der Waals surface area (Å²) < 4.78 is 24.0. The minimum atomic E-state index is -4.88. The van der Waals surface area contributed by atoms with Gasteiger partial charge in [0.05, 0.1) is 24.3 Å². The molecule has 36 heavy (non-hydrogen) atoms. The Balaban J connectivity index is 1.81. The van der Waals surface area contributed by atoms with Crippen molar-refractivity contribution in [1.29, 1.82) is 0 Å². The Hall–Kier alpha value is -3.22. The van der Waals surface area contributed by atoms with Gasteiger partial charge in [-0.2, -0.15) is 5.10 Å². The van der Waals surface area contributed by atoms with Gasteiger partial charge in [0.1, 0.15) is 30.1 Å². The van der Waals surface area contributed by atoms with Crippen molar-refractivity contribution in [3.63, 3.8) is 0 Å². The number of Topliss-reactive ketones (excluding diaryl/α,β-unsaturated/α-hetero) is 1. The monoisotopic (exact) mass is 539 g/mol. The molecule has 2 amide bonds. The van der Waals surface area contributed by atoms with Crippen LogP contribution in [0.1, 0.15) is 16.2 Å². The number of carbonyl (C=O) groups is 3. The molecule has 1 aliphatic heterocycles. The van der Waals surface area contributed by atoms with E-state index in [1.165, 1.54) is 40.0 Å². The summed E-state index contributed by atoms with van der Waals surface area (Å²) >= 11 is 0. The first kappa shape index (κ1) is 25.9. The fraction of sp³-hybridized carbons (Fsp3) is 0.368. The Bertz CT molecular complexity index is 1390. The standard InChI is InChI=1S/C19H23N7O8P2/c1-11-21-9-26(22-11)17-15-14(13(33-2)7-20-17)12(8-25(15)10-34-36(30,31)32)16(27)18(28)23-3-5-24(6-4-23)19(29)35/h7-9H,3-6,10,35H2,1-2H3,(H2,30,31,32). The summed E-state index contributed by atoms with van der Waals surface area (Å²) in [7, 11) is -1.45. The van der Waals surface area contributed by atoms with Crippen LogP contribution in [0.2, 0.25) is 0 Å². The highest BCUT2D eigenvalue weighted by Gasteiger charge is 2.32. The van der Waals surface area contributed by atoms with Crippen LogP contribution in [0, 0.1) is 6.92 Å². The van der Waals surface area contributed by atoms with E-state index in [0.29, 0.717) is 5.82 Å². The van der Waals surface area contributed by atoms with Crippen LogP contribution in [0.5, 0.6) is 5.75 Å². The van der Waals surface area contributed by atoms with Crippen molar-refractivity contribution in [3.8, 4) is 11.6 Å². The van der Waals surface area contributed by atoms with Crippen molar-refractivity contribution in [3.05, 3.63) is 30.1 Å². The largest absolute Gasteiger partial charge is 0.494 e. The summed E-state index contributed by atoms with van der Waals surface area (Å²) in [5, 5.41) is 4.40. The Morgan fingerprint density at radius 3 is 2.36 bits per heavy atom. The number of nitrogens with zero attached hydrogens (tertiary/aromatic N) is 7. The van der Waals surface area contributed by atoms with E-state index in [2.05, 4.69) is 28.8 Å². The Labute approximate surface area is 206 Å². The molecule has 0 radical (unpaired) electrons. The number of phosphoric acid groups is 1. The number of hydrogen-bond acceptors (Lipinski definition) is 9. The van der Waals surface area contributed by atoms with E-state index in [1.807, 2.05) is 0 Å². The lowest BCUT2D eigenvalue weighted by Crippen LogP contribution is -2.51. The van der Waals surface area contributed by atoms with E-state index in [4.69, 9.17) is 4.74 Å². The number of ether oxygens (including phenoxy) is 1. The van der Waals surface area contributed by atoms with Crippen LogP contribution in [0.4, 0.5) is 4.79 Å². The van der Waals surface area contributed by atoms with Gasteiger partial charge in [-0.25, -0.2) is 19.2 Å². The predicted molar refractivity (Wildman–Crippen MR) is 127 cm³/mol. The average Bonchev–Trinajstić information content (AvgIpc) is 3.45. The number of fused-ring (bicyclic) bond motifs is 1. The van der Waals surface area contributed by atoms with Crippen LogP contribution in [-0.4, -0.2) is 94.5 Å². The first-order valence-electron chi connectivity index (χ1n) is 10.5. The van der Waals surface area contributed by atoms with Gasteiger partial charge in [-0.1, -0.05) is 0 Å². The lowest BCUT2D eigenvalue weighted by atomic mass is 10.1. The predicted octanol–water partition coefficient (Wildman–Crippen LogP) is 0.323. The molecule has 0 saturated carbocycles. The van der Waals surface area contributed by atoms with Crippen molar-refractivity contribution >= 4 is 45.3 Å². The molecule has 17 heteroatoms. The van der Waals surface area contributed by atoms with Crippen molar-refractivity contribution in [2.75, 3.05) is 33.3 Å². The second kappa shape index (κ2) is 10.0. The number of carbonyl (C=O) groups excluding carboxylic acids is 3. The number of ketones is 1. The first-order valence-corrected chi connectivity index (χ1v) is 12.6. The van der Waals surface area contributed by atoms with E-state index in [0.717, 1.165) is 0 Å². The summed E-state index contributed by atoms with van der Waals surface area (Å²) in [6, 6.07) is 0. The summed E-state index contributed by atoms with van der Waals surface area (Å²) in [6.45, 7) is 1.91. The van der Waals surface area contributed by atoms with E-state index in [-0.39, 0.29) is 59.9 Å². The SMILES string of the molecule is COc1cnc(-n2cnc(C)n2)c2c1c(C(=O)C(=O)N1CCN(C(=O)P)CC1)cn2COP(=O)(O)O. The van der Waals surface area contributed by atoms with E-state index >= 15 is 0 Å². The zero-order valence-electron chi connectivity index (χ0n) is 19.3. The van der Waals surface area contributed by atoms with Gasteiger partial charge >= 0.3 is 7.82 Å². The van der Waals surface area contributed by atoms with Crippen LogP contribution in [0.25, 0.3) is 16.7 Å². The number of phosphoric ester groups is 1. The number of hydrogen-bond donors (Lipinski definition) is 2. The van der Waals surface area contributed by atoms with Crippen molar-refractivity contribution in [2.24, 2.45) is 0 Å². The number of piperazine rings is 1. The maximum Gasteiger partial charge on any atom is 0.471 e. The topological polar surface area (TPSA) is 182 Å². The third-order valence-electron chi connectivity index (χ3n) is 5.57. The molecular weight excluding hydrogens is 516 g/mol. The molecule has 0 aliphatic carbocycles. The molecule has 0 aromatic carbocycles. The molecule has 1 unspecified atom stereocenters. The summed E-state index contributed by atoms with van der Waals surface area (Å²) in [4.78, 5) is 67.8. The molecule has 4 heterocycles. The highest BCUT2D eigenvalue weighted by Crippen LogP contribution is 2.39. The maximum absolute atomic E-state index is 13.4. The van der Waals surface area contributed by atoms with Crippen molar-refractivity contribution in [2.45, 2.75) is 13.7 Å². The van der Waals surface area contributed by atoms with E-state index in [1.54, 1.807) is 11.8 Å². The molecule has 1 aliphatic rings. The fourth-order valence-electron chi connectivity index (χ4n) is 3.86. The van der Waals surface area contributed by atoms with Crippen LogP contribution in [0.15, 0.2) is 18.7 Å². The zero-order chi connectivity index (χ0) is 26.2. The maximum atomic E-state index is 13.4. The molecule has 3 aromatic heterocycles. The number of methoxy groups -OCH3 is 1. The van der Waals surface area contributed by atoms with Gasteiger partial charge in [-0.15, -0.1) is 0 Å². The third-order valence-corrected chi connectivity index (χ3v) is 6.38. The van der Waals surface area contributed by atoms with Gasteiger partial charge in [-0.05, 0) is 16.2 Å². The molecule has 1 fully saturated rings. The van der Waals surface area contributed by atoms with Gasteiger partial charge in [0.2, 0.25) is 5.65 Å². The average molecular weight is 539 g/mol. The summed E-state index contributed by atoms with van der Waals surface area (Å²) in [6.07, 6.45) is 3.97. The Kier molecular flexibility index (Phi) is 7.21. The molecule has 4 rings (SSSR count). The molecule has 0 spiro atoms. The van der Waals surface area contributed by atoms with Gasteiger partial charge in [-0.3, -0.25) is 18.9 Å². The van der Waals surface area contributed by atoms with E-state index in [9.17, 15) is 28.7 Å². The highest BCUT2D eigenvalue weighted by molar-refractivity contribution is 7.46. The lowest BCUT2D eigenvalue weighted by molar-refractivity contribution is -0.127. The quantitative estimate of drug-likeness (QED) is 0.240. The number of aromatic nitrogens is 5. The molecule has 192 valence electrons. The number of rotatable bonds is 7. The molecular formula is C19H23N7O8P2. The number of aryl methyl sites for hydroxylation is 1. The minimum Gasteiger partial charge on any atom is -0.494 e. The first-order chi connectivity index (χ1) is 17.0. The second-order valence-electron chi connectivity index (χ2n) is 7.82. The summed E-state index contributed by atoms with van der Waals surface area (Å²) in [5.41, 5.74) is -0.0943. The zero-order valence-corrected chi connectivity index (χ0v) is 21.3. The van der Waals surface area contributed by atoms with Gasteiger partial charge in [0.15, 0.2) is 5.82 Å². The molecule has 15 nitrogen and oxygen atoms in total. The Morgan fingerprint density at radius 2 is 1.81 bits per heavy atom. The van der Waals surface area contributed by atoms with Crippen LogP contribution >= 0.6 is 17.1 Å². The molecule has 1 atom stereocenters. The van der Waals surface area contributed by atoms with Crippen LogP contribution in [-0.2, 0) is 20.6 Å². The fourth-order valence-corrected chi connectivity index (χ4v) is 4.39. The van der Waals surface area contributed by atoms with Crippen molar-refractivity contribution < 1.29 is 38.0 Å². The molecule has 3 aromatic rings. The van der Waals surface area contributed by atoms with Gasteiger partial charge < -0.3 is 28.9 Å². The lowest BCUT2D eigenvalue weighted by Gasteiger charge is -2.33. The molecule has 0 bridgehead atoms. The number of pyridine rings is 1. The van der Waals surface area contributed by atoms with Gasteiger partial charge in [0.25, 0.3) is 11.7 Å². The second-order valence-corrected chi connectivity index (χ2v) is 9.55. The minimum absolute atomic E-state index is 0.0776. The smallest absolute Gasteiger partial charge is 0.471 e. The van der Waals surface area contributed by atoms with Crippen molar-refractivity contribution in [1.82, 2.24) is 34.1 Å².